The van der Waals surface area contributed by atoms with Gasteiger partial charge in [-0.25, -0.2) is 0 Å². The lowest BCUT2D eigenvalue weighted by molar-refractivity contribution is 0.153. The third-order valence-corrected chi connectivity index (χ3v) is 4.99. The smallest absolute Gasteiger partial charge is 0.00721 e. The van der Waals surface area contributed by atoms with E-state index in [1.165, 1.54) is 51.4 Å². The van der Waals surface area contributed by atoms with E-state index in [4.69, 9.17) is 11.5 Å². The van der Waals surface area contributed by atoms with Crippen LogP contribution in [-0.4, -0.2) is 12.1 Å². The van der Waals surface area contributed by atoms with E-state index in [0.29, 0.717) is 17.5 Å². The minimum Gasteiger partial charge on any atom is -0.328 e. The van der Waals surface area contributed by atoms with Crippen molar-refractivity contribution in [2.75, 3.05) is 0 Å². The number of nitrogens with two attached hydrogens (primary N) is 2. The Hall–Kier alpha value is -0.0800. The molecule has 2 aliphatic carbocycles. The van der Waals surface area contributed by atoms with E-state index >= 15 is 0 Å². The van der Waals surface area contributed by atoms with E-state index in [1.807, 2.05) is 0 Å². The molecule has 2 unspecified atom stereocenters. The molecule has 0 radical (unpaired) electrons. The van der Waals surface area contributed by atoms with Crippen molar-refractivity contribution >= 4 is 0 Å². The lowest BCUT2D eigenvalue weighted by atomic mass is 9.70. The van der Waals surface area contributed by atoms with Crippen molar-refractivity contribution in [2.45, 2.75) is 91.1 Å². The first-order chi connectivity index (χ1) is 8.80. The lowest BCUT2D eigenvalue weighted by Gasteiger charge is -2.38. The number of hydrogen-bond acceptors (Lipinski definition) is 2. The molecule has 19 heavy (non-hydrogen) atoms. The highest BCUT2D eigenvalue weighted by Crippen LogP contribution is 2.36. The summed E-state index contributed by atoms with van der Waals surface area (Å²) in [5, 5.41) is 0. The third-order valence-electron chi connectivity index (χ3n) is 4.99. The van der Waals surface area contributed by atoms with Crippen LogP contribution in [0.1, 0.15) is 79.1 Å². The molecule has 2 atom stereocenters. The Morgan fingerprint density at radius 1 is 0.789 bits per heavy atom. The summed E-state index contributed by atoms with van der Waals surface area (Å²) in [5.41, 5.74) is 12.2. The zero-order valence-electron chi connectivity index (χ0n) is 13.6. The van der Waals surface area contributed by atoms with Crippen LogP contribution in [0.2, 0.25) is 0 Å². The monoisotopic (exact) mass is 268 g/mol. The molecular weight excluding hydrogens is 232 g/mol. The summed E-state index contributed by atoms with van der Waals surface area (Å²) in [6.07, 6.45) is 10.5. The standard InChI is InChI=1S/C10H21N.C7H15N/c1-10(2,3)8-6-4-5-7-9(8)11;1-6-2-4-7(8)5-3-6/h8-9H,4-7,11H2,1-3H3;6-7H,2-5,8H2,1H3. The van der Waals surface area contributed by atoms with Gasteiger partial charge in [-0.1, -0.05) is 40.5 Å². The normalized spacial score (nSPS) is 36.3. The topological polar surface area (TPSA) is 52.0 Å². The van der Waals surface area contributed by atoms with Gasteiger partial charge in [0.2, 0.25) is 0 Å². The summed E-state index contributed by atoms with van der Waals surface area (Å²) >= 11 is 0. The average Bonchev–Trinajstić information content (AvgIpc) is 2.33. The third kappa shape index (κ3) is 6.27. The molecule has 0 amide bonds. The Labute approximate surface area is 120 Å². The Morgan fingerprint density at radius 2 is 1.32 bits per heavy atom. The highest BCUT2D eigenvalue weighted by molar-refractivity contribution is 4.85. The molecule has 0 aromatic rings. The van der Waals surface area contributed by atoms with Gasteiger partial charge >= 0.3 is 0 Å². The van der Waals surface area contributed by atoms with Gasteiger partial charge in [0.15, 0.2) is 0 Å². The summed E-state index contributed by atoms with van der Waals surface area (Å²) < 4.78 is 0. The highest BCUT2D eigenvalue weighted by atomic mass is 14.7. The molecule has 2 heteroatoms. The maximum Gasteiger partial charge on any atom is 0.00721 e. The second-order valence-electron chi connectivity index (χ2n) is 7.94. The van der Waals surface area contributed by atoms with E-state index in [2.05, 4.69) is 27.7 Å². The quantitative estimate of drug-likeness (QED) is 0.695. The van der Waals surface area contributed by atoms with Gasteiger partial charge in [-0.2, -0.15) is 0 Å². The first kappa shape index (κ1) is 17.0. The molecule has 0 bridgehead atoms. The van der Waals surface area contributed by atoms with Gasteiger partial charge in [0.05, 0.1) is 0 Å². The van der Waals surface area contributed by atoms with Crippen molar-refractivity contribution in [3.05, 3.63) is 0 Å². The Morgan fingerprint density at radius 3 is 1.68 bits per heavy atom. The molecule has 0 aromatic heterocycles. The molecule has 0 heterocycles. The summed E-state index contributed by atoms with van der Waals surface area (Å²) in [6.45, 7) is 9.24. The van der Waals surface area contributed by atoms with Crippen LogP contribution in [0.15, 0.2) is 0 Å². The van der Waals surface area contributed by atoms with Gasteiger partial charge in [-0.3, -0.25) is 0 Å². The van der Waals surface area contributed by atoms with Crippen LogP contribution in [0.25, 0.3) is 0 Å². The van der Waals surface area contributed by atoms with Gasteiger partial charge in [0, 0.05) is 12.1 Å². The summed E-state index contributed by atoms with van der Waals surface area (Å²) in [5.74, 6) is 1.69. The molecule has 2 saturated carbocycles. The first-order valence-electron chi connectivity index (χ1n) is 8.32. The van der Waals surface area contributed by atoms with Crippen molar-refractivity contribution in [1.29, 1.82) is 0 Å². The molecule has 0 spiro atoms. The minimum absolute atomic E-state index is 0.417. The first-order valence-corrected chi connectivity index (χ1v) is 8.32. The summed E-state index contributed by atoms with van der Waals surface area (Å²) in [4.78, 5) is 0. The highest BCUT2D eigenvalue weighted by Gasteiger charge is 2.31. The predicted molar refractivity (Wildman–Crippen MR) is 85.0 cm³/mol. The maximum absolute atomic E-state index is 6.07. The zero-order chi connectivity index (χ0) is 14.5. The predicted octanol–water partition coefficient (Wildman–Crippen LogP) is 4.07. The SMILES string of the molecule is CC(C)(C)C1CCCCC1N.CC1CCC(N)CC1. The van der Waals surface area contributed by atoms with E-state index in [-0.39, 0.29) is 0 Å². The van der Waals surface area contributed by atoms with Crippen molar-refractivity contribution in [3.63, 3.8) is 0 Å². The molecule has 2 nitrogen and oxygen atoms in total. The minimum atomic E-state index is 0.417. The Kier molecular flexibility index (Phi) is 6.82. The second-order valence-corrected chi connectivity index (χ2v) is 7.94. The van der Waals surface area contributed by atoms with Crippen LogP contribution in [0, 0.1) is 17.3 Å². The van der Waals surface area contributed by atoms with E-state index in [9.17, 15) is 0 Å². The second kappa shape index (κ2) is 7.64. The van der Waals surface area contributed by atoms with Crippen LogP contribution >= 0.6 is 0 Å². The van der Waals surface area contributed by atoms with Crippen LogP contribution in [-0.2, 0) is 0 Å². The molecule has 114 valence electrons. The van der Waals surface area contributed by atoms with Crippen LogP contribution in [0.5, 0.6) is 0 Å². The molecule has 0 aromatic carbocycles. The van der Waals surface area contributed by atoms with Crippen molar-refractivity contribution in [3.8, 4) is 0 Å². The number of hydrogen-bond donors (Lipinski definition) is 2. The average molecular weight is 268 g/mol. The van der Waals surface area contributed by atoms with Gasteiger partial charge in [0.1, 0.15) is 0 Å². The fraction of sp³-hybridized carbons (Fsp3) is 1.00. The molecule has 2 fully saturated rings. The zero-order valence-corrected chi connectivity index (χ0v) is 13.6. The molecule has 0 aliphatic heterocycles. The van der Waals surface area contributed by atoms with E-state index < -0.39 is 0 Å². The van der Waals surface area contributed by atoms with Gasteiger partial charge in [-0.15, -0.1) is 0 Å². The van der Waals surface area contributed by atoms with E-state index in [0.717, 1.165) is 11.8 Å². The summed E-state index contributed by atoms with van der Waals surface area (Å²) in [6, 6.07) is 0.981. The maximum atomic E-state index is 6.07. The molecular formula is C17H36N2. The van der Waals surface area contributed by atoms with Crippen molar-refractivity contribution < 1.29 is 0 Å². The molecule has 2 aliphatic rings. The van der Waals surface area contributed by atoms with Gasteiger partial charge in [-0.05, 0) is 55.8 Å². The Bertz CT molecular complexity index is 226. The number of rotatable bonds is 0. The lowest BCUT2D eigenvalue weighted by Crippen LogP contribution is -2.40. The molecule has 4 N–H and O–H groups in total. The van der Waals surface area contributed by atoms with Crippen LogP contribution in [0.3, 0.4) is 0 Å². The fourth-order valence-corrected chi connectivity index (χ4v) is 3.52. The molecule has 2 rings (SSSR count). The van der Waals surface area contributed by atoms with Crippen molar-refractivity contribution in [1.82, 2.24) is 0 Å². The van der Waals surface area contributed by atoms with E-state index in [1.54, 1.807) is 0 Å². The molecule has 0 saturated heterocycles. The van der Waals surface area contributed by atoms with Crippen LogP contribution in [0.4, 0.5) is 0 Å². The van der Waals surface area contributed by atoms with Gasteiger partial charge < -0.3 is 11.5 Å². The van der Waals surface area contributed by atoms with Crippen LogP contribution < -0.4 is 11.5 Å². The summed E-state index contributed by atoms with van der Waals surface area (Å²) in [7, 11) is 0. The largest absolute Gasteiger partial charge is 0.328 e. The Balaban J connectivity index is 0.000000200. The van der Waals surface area contributed by atoms with Crippen molar-refractivity contribution in [2.24, 2.45) is 28.7 Å². The van der Waals surface area contributed by atoms with Gasteiger partial charge in [0.25, 0.3) is 0 Å². The fourth-order valence-electron chi connectivity index (χ4n) is 3.52.